The molecule has 1 heterocycles. The highest BCUT2D eigenvalue weighted by atomic mass is 32.1. The second kappa shape index (κ2) is 2.74. The third-order valence-electron chi connectivity index (χ3n) is 1.79. The van der Waals surface area contributed by atoms with Gasteiger partial charge in [0.05, 0.1) is 0 Å². The van der Waals surface area contributed by atoms with Crippen LogP contribution in [0.3, 0.4) is 0 Å². The standard InChI is InChI=1S/C9H7NO2S/c10-9(12)6-2-1-5-4-8(11)13-7(5)3-6/h1-4,11H,(H2,10,12). The molecule has 1 aromatic heterocycles. The van der Waals surface area contributed by atoms with Crippen LogP contribution >= 0.6 is 11.3 Å². The molecule has 0 saturated carbocycles. The monoisotopic (exact) mass is 193 g/mol. The molecular weight excluding hydrogens is 186 g/mol. The van der Waals surface area contributed by atoms with Gasteiger partial charge in [0.2, 0.25) is 5.91 Å². The quantitative estimate of drug-likeness (QED) is 0.724. The molecule has 1 amide bonds. The average Bonchev–Trinajstić information content (AvgIpc) is 2.42. The number of amides is 1. The van der Waals surface area contributed by atoms with Crippen LogP contribution in [0.25, 0.3) is 10.1 Å². The van der Waals surface area contributed by atoms with Crippen LogP contribution in [0.15, 0.2) is 24.3 Å². The third-order valence-corrected chi connectivity index (χ3v) is 2.69. The van der Waals surface area contributed by atoms with Crippen LogP contribution in [-0.2, 0) is 0 Å². The second-order valence-electron chi connectivity index (χ2n) is 2.70. The van der Waals surface area contributed by atoms with Gasteiger partial charge in [0.15, 0.2) is 5.06 Å². The van der Waals surface area contributed by atoms with Gasteiger partial charge in [0.25, 0.3) is 0 Å². The lowest BCUT2D eigenvalue weighted by molar-refractivity contribution is 0.100. The predicted molar refractivity (Wildman–Crippen MR) is 52.0 cm³/mol. The van der Waals surface area contributed by atoms with Crippen molar-refractivity contribution in [3.8, 4) is 5.06 Å². The Balaban J connectivity index is 2.67. The molecule has 0 unspecified atom stereocenters. The Bertz CT molecular complexity index is 475. The van der Waals surface area contributed by atoms with Gasteiger partial charge >= 0.3 is 0 Å². The molecule has 13 heavy (non-hydrogen) atoms. The van der Waals surface area contributed by atoms with Crippen molar-refractivity contribution >= 4 is 27.3 Å². The van der Waals surface area contributed by atoms with Gasteiger partial charge in [-0.3, -0.25) is 4.79 Å². The topological polar surface area (TPSA) is 63.3 Å². The van der Waals surface area contributed by atoms with Gasteiger partial charge < -0.3 is 10.8 Å². The van der Waals surface area contributed by atoms with Crippen LogP contribution in [0.2, 0.25) is 0 Å². The lowest BCUT2D eigenvalue weighted by atomic mass is 10.2. The normalized spacial score (nSPS) is 10.5. The van der Waals surface area contributed by atoms with Crippen molar-refractivity contribution in [1.29, 1.82) is 0 Å². The SMILES string of the molecule is NC(=O)c1ccc2cc(O)sc2c1. The van der Waals surface area contributed by atoms with Gasteiger partial charge in [-0.25, -0.2) is 0 Å². The molecule has 0 aliphatic carbocycles. The summed E-state index contributed by atoms with van der Waals surface area (Å²) in [5.74, 6) is -0.449. The largest absolute Gasteiger partial charge is 0.499 e. The maximum Gasteiger partial charge on any atom is 0.248 e. The Morgan fingerprint density at radius 2 is 2.15 bits per heavy atom. The lowest BCUT2D eigenvalue weighted by Gasteiger charge is -1.93. The summed E-state index contributed by atoms with van der Waals surface area (Å²) in [4.78, 5) is 10.8. The first-order chi connectivity index (χ1) is 6.16. The summed E-state index contributed by atoms with van der Waals surface area (Å²) < 4.78 is 0.869. The Labute approximate surface area is 78.4 Å². The Hall–Kier alpha value is -1.55. The molecule has 0 spiro atoms. The van der Waals surface area contributed by atoms with Crippen molar-refractivity contribution in [1.82, 2.24) is 0 Å². The number of carbonyl (C=O) groups excluding carboxylic acids is 1. The van der Waals surface area contributed by atoms with Gasteiger partial charge in [0.1, 0.15) is 0 Å². The average molecular weight is 193 g/mol. The van der Waals surface area contributed by atoms with Crippen LogP contribution in [0, 0.1) is 0 Å². The maximum absolute atomic E-state index is 10.8. The third kappa shape index (κ3) is 1.36. The first-order valence-corrected chi connectivity index (χ1v) is 4.51. The van der Waals surface area contributed by atoms with Crippen molar-refractivity contribution in [3.05, 3.63) is 29.8 Å². The van der Waals surface area contributed by atoms with E-state index in [4.69, 9.17) is 5.73 Å². The minimum atomic E-state index is -0.449. The fraction of sp³-hybridized carbons (Fsp3) is 0. The van der Waals surface area contributed by atoms with E-state index in [-0.39, 0.29) is 5.06 Å². The van der Waals surface area contributed by atoms with Crippen molar-refractivity contribution in [2.45, 2.75) is 0 Å². The number of aromatic hydroxyl groups is 1. The van der Waals surface area contributed by atoms with E-state index >= 15 is 0 Å². The highest BCUT2D eigenvalue weighted by molar-refractivity contribution is 7.20. The minimum absolute atomic E-state index is 0.247. The summed E-state index contributed by atoms with van der Waals surface area (Å²) in [5, 5.41) is 10.4. The number of rotatable bonds is 1. The number of primary amides is 1. The number of thiophene rings is 1. The summed E-state index contributed by atoms with van der Waals surface area (Å²) in [6.45, 7) is 0. The van der Waals surface area contributed by atoms with Crippen LogP contribution in [0.5, 0.6) is 5.06 Å². The summed E-state index contributed by atoms with van der Waals surface area (Å²) in [7, 11) is 0. The van der Waals surface area contributed by atoms with E-state index in [1.807, 2.05) is 0 Å². The second-order valence-corrected chi connectivity index (χ2v) is 3.76. The molecule has 66 valence electrons. The van der Waals surface area contributed by atoms with E-state index in [9.17, 15) is 9.90 Å². The van der Waals surface area contributed by atoms with Gasteiger partial charge in [-0.2, -0.15) is 0 Å². The van der Waals surface area contributed by atoms with Crippen molar-refractivity contribution in [2.75, 3.05) is 0 Å². The molecule has 0 aliphatic heterocycles. The summed E-state index contributed by atoms with van der Waals surface area (Å²) in [6, 6.07) is 6.76. The summed E-state index contributed by atoms with van der Waals surface area (Å²) in [5.41, 5.74) is 5.58. The zero-order chi connectivity index (χ0) is 9.42. The zero-order valence-corrected chi connectivity index (χ0v) is 7.47. The Morgan fingerprint density at radius 3 is 2.85 bits per heavy atom. The van der Waals surface area contributed by atoms with Crippen LogP contribution < -0.4 is 5.73 Å². The lowest BCUT2D eigenvalue weighted by Crippen LogP contribution is -2.10. The van der Waals surface area contributed by atoms with Crippen LogP contribution in [0.1, 0.15) is 10.4 Å². The van der Waals surface area contributed by atoms with E-state index in [1.54, 1.807) is 24.3 Å². The molecule has 2 rings (SSSR count). The molecule has 1 aromatic carbocycles. The number of benzene rings is 1. The summed E-state index contributed by atoms with van der Waals surface area (Å²) >= 11 is 1.23. The molecule has 4 heteroatoms. The predicted octanol–water partition coefficient (Wildman–Crippen LogP) is 1.71. The van der Waals surface area contributed by atoms with Crippen molar-refractivity contribution < 1.29 is 9.90 Å². The molecule has 0 fully saturated rings. The number of carbonyl (C=O) groups is 1. The summed E-state index contributed by atoms with van der Waals surface area (Å²) in [6.07, 6.45) is 0. The molecule has 3 nitrogen and oxygen atoms in total. The highest BCUT2D eigenvalue weighted by Crippen LogP contribution is 2.30. The number of nitrogens with two attached hydrogens (primary N) is 1. The number of hydrogen-bond donors (Lipinski definition) is 2. The zero-order valence-electron chi connectivity index (χ0n) is 6.65. The van der Waals surface area contributed by atoms with E-state index in [2.05, 4.69) is 0 Å². The molecule has 3 N–H and O–H groups in total. The van der Waals surface area contributed by atoms with E-state index in [1.165, 1.54) is 11.3 Å². The highest BCUT2D eigenvalue weighted by Gasteiger charge is 2.04. The molecule has 0 aliphatic rings. The minimum Gasteiger partial charge on any atom is -0.499 e. The fourth-order valence-electron chi connectivity index (χ4n) is 1.17. The first kappa shape index (κ1) is 8.07. The van der Waals surface area contributed by atoms with Gasteiger partial charge in [-0.1, -0.05) is 17.4 Å². The van der Waals surface area contributed by atoms with E-state index < -0.39 is 5.91 Å². The van der Waals surface area contributed by atoms with Gasteiger partial charge in [-0.05, 0) is 23.6 Å². The number of hydrogen-bond acceptors (Lipinski definition) is 3. The Kier molecular flexibility index (Phi) is 1.70. The van der Waals surface area contributed by atoms with E-state index in [0.29, 0.717) is 5.56 Å². The van der Waals surface area contributed by atoms with Gasteiger partial charge in [-0.15, -0.1) is 0 Å². The van der Waals surface area contributed by atoms with Crippen LogP contribution in [-0.4, -0.2) is 11.0 Å². The molecule has 0 atom stereocenters. The molecule has 2 aromatic rings. The number of fused-ring (bicyclic) bond motifs is 1. The molecule has 0 saturated heterocycles. The first-order valence-electron chi connectivity index (χ1n) is 3.69. The molecule has 0 radical (unpaired) electrons. The van der Waals surface area contributed by atoms with Gasteiger partial charge in [0, 0.05) is 10.3 Å². The fourth-order valence-corrected chi connectivity index (χ4v) is 2.01. The smallest absolute Gasteiger partial charge is 0.248 e. The Morgan fingerprint density at radius 1 is 1.38 bits per heavy atom. The van der Waals surface area contributed by atoms with Crippen molar-refractivity contribution in [2.24, 2.45) is 5.73 Å². The molecular formula is C9H7NO2S. The van der Waals surface area contributed by atoms with Crippen LogP contribution in [0.4, 0.5) is 0 Å². The molecule has 0 bridgehead atoms. The van der Waals surface area contributed by atoms with E-state index in [0.717, 1.165) is 10.1 Å². The maximum atomic E-state index is 10.8. The van der Waals surface area contributed by atoms with Crippen molar-refractivity contribution in [3.63, 3.8) is 0 Å².